The zero-order chi connectivity index (χ0) is 14.8. The maximum absolute atomic E-state index is 10.9. The van der Waals surface area contributed by atoms with Gasteiger partial charge in [0.25, 0.3) is 0 Å². The Morgan fingerprint density at radius 2 is 2.19 bits per heavy atom. The number of nitrogens with zero attached hydrogens (tertiary/aromatic N) is 2. The number of piperidine rings is 1. The lowest BCUT2D eigenvalue weighted by Crippen LogP contribution is -2.42. The van der Waals surface area contributed by atoms with E-state index in [-0.39, 0.29) is 0 Å². The van der Waals surface area contributed by atoms with Crippen LogP contribution < -0.4 is 0 Å². The van der Waals surface area contributed by atoms with Crippen molar-refractivity contribution in [3.05, 3.63) is 17.5 Å². The van der Waals surface area contributed by atoms with Gasteiger partial charge in [0.2, 0.25) is 0 Å². The largest absolute Gasteiger partial charge is 0.481 e. The van der Waals surface area contributed by atoms with Gasteiger partial charge in [-0.2, -0.15) is 0 Å². The van der Waals surface area contributed by atoms with Crippen molar-refractivity contribution in [1.82, 2.24) is 10.1 Å². The summed E-state index contributed by atoms with van der Waals surface area (Å²) in [6.45, 7) is 1.24. The first kappa shape index (κ1) is 14.5. The Bertz CT molecular complexity index is 488. The first-order valence-corrected chi connectivity index (χ1v) is 7.56. The topological polar surface area (TPSA) is 75.8 Å². The van der Waals surface area contributed by atoms with E-state index in [2.05, 4.69) is 10.1 Å². The molecule has 6 heteroatoms. The molecule has 21 heavy (non-hydrogen) atoms. The van der Waals surface area contributed by atoms with Crippen molar-refractivity contribution in [1.29, 1.82) is 0 Å². The molecule has 6 nitrogen and oxygen atoms in total. The fourth-order valence-corrected chi connectivity index (χ4v) is 3.89. The first-order valence-electron chi connectivity index (χ1n) is 7.56. The Balaban J connectivity index is 1.61. The van der Waals surface area contributed by atoms with Gasteiger partial charge in [-0.25, -0.2) is 0 Å². The van der Waals surface area contributed by atoms with Crippen molar-refractivity contribution in [2.24, 2.45) is 5.92 Å². The molecule has 2 bridgehead atoms. The van der Waals surface area contributed by atoms with Gasteiger partial charge >= 0.3 is 5.97 Å². The van der Waals surface area contributed by atoms with Crippen LogP contribution in [0.25, 0.3) is 0 Å². The van der Waals surface area contributed by atoms with Gasteiger partial charge in [0, 0.05) is 38.2 Å². The molecule has 0 aromatic carbocycles. The SMILES string of the molecule is COCc1cc(CN2C3CCC2CC(CC(=O)O)C3)no1. The summed E-state index contributed by atoms with van der Waals surface area (Å²) >= 11 is 0. The molecule has 3 rings (SSSR count). The Labute approximate surface area is 124 Å². The summed E-state index contributed by atoms with van der Waals surface area (Å²) in [5.74, 6) is 0.409. The monoisotopic (exact) mass is 294 g/mol. The molecule has 0 spiro atoms. The highest BCUT2D eigenvalue weighted by atomic mass is 16.5. The molecule has 2 aliphatic heterocycles. The normalized spacial score (nSPS) is 28.9. The van der Waals surface area contributed by atoms with E-state index in [0.29, 0.717) is 31.0 Å². The molecule has 3 heterocycles. The summed E-state index contributed by atoms with van der Waals surface area (Å²) in [5.41, 5.74) is 0.940. The van der Waals surface area contributed by atoms with Crippen LogP contribution in [0.4, 0.5) is 0 Å². The van der Waals surface area contributed by atoms with Crippen molar-refractivity contribution in [2.75, 3.05) is 7.11 Å². The quantitative estimate of drug-likeness (QED) is 0.865. The zero-order valence-corrected chi connectivity index (χ0v) is 12.3. The number of rotatable bonds is 6. The molecule has 1 N–H and O–H groups in total. The number of aliphatic carboxylic acids is 1. The van der Waals surface area contributed by atoms with Crippen LogP contribution in [0.5, 0.6) is 0 Å². The Hall–Kier alpha value is -1.40. The van der Waals surface area contributed by atoms with Crippen LogP contribution in [-0.2, 0) is 22.7 Å². The van der Waals surface area contributed by atoms with Gasteiger partial charge in [-0.1, -0.05) is 5.16 Å². The second kappa shape index (κ2) is 6.15. The minimum absolute atomic E-state index is 0.308. The molecular weight excluding hydrogens is 272 g/mol. The van der Waals surface area contributed by atoms with Crippen LogP contribution in [0, 0.1) is 5.92 Å². The highest BCUT2D eigenvalue weighted by molar-refractivity contribution is 5.67. The third-order valence-corrected chi connectivity index (χ3v) is 4.68. The smallest absolute Gasteiger partial charge is 0.303 e. The van der Waals surface area contributed by atoms with Crippen molar-refractivity contribution < 1.29 is 19.2 Å². The van der Waals surface area contributed by atoms with Gasteiger partial charge in [-0.3, -0.25) is 9.69 Å². The summed E-state index contributed by atoms with van der Waals surface area (Å²) in [7, 11) is 1.63. The Morgan fingerprint density at radius 3 is 2.81 bits per heavy atom. The lowest BCUT2D eigenvalue weighted by molar-refractivity contribution is -0.138. The summed E-state index contributed by atoms with van der Waals surface area (Å²) < 4.78 is 10.3. The van der Waals surface area contributed by atoms with Gasteiger partial charge < -0.3 is 14.4 Å². The zero-order valence-electron chi connectivity index (χ0n) is 12.3. The summed E-state index contributed by atoms with van der Waals surface area (Å²) in [6, 6.07) is 2.94. The number of carboxylic acids is 1. The van der Waals surface area contributed by atoms with Crippen molar-refractivity contribution >= 4 is 5.97 Å². The van der Waals surface area contributed by atoms with E-state index in [9.17, 15) is 4.79 Å². The van der Waals surface area contributed by atoms with Crippen molar-refractivity contribution in [3.8, 4) is 0 Å². The molecular formula is C15H22N2O4. The fourth-order valence-electron chi connectivity index (χ4n) is 3.89. The average Bonchev–Trinajstić information content (AvgIpc) is 2.94. The van der Waals surface area contributed by atoms with E-state index in [0.717, 1.165) is 30.8 Å². The molecule has 0 saturated carbocycles. The molecule has 2 fully saturated rings. The molecule has 2 atom stereocenters. The maximum Gasteiger partial charge on any atom is 0.303 e. The average molecular weight is 294 g/mol. The van der Waals surface area contributed by atoms with Crippen LogP contribution in [0.15, 0.2) is 10.6 Å². The standard InChI is InChI=1S/C15H22N2O4/c1-20-9-14-7-11(16-21-14)8-17-12-2-3-13(17)5-10(4-12)6-15(18)19/h7,10,12-13H,2-6,8-9H2,1H3,(H,18,19). The number of aromatic nitrogens is 1. The van der Waals surface area contributed by atoms with Gasteiger partial charge in [0.1, 0.15) is 6.61 Å². The van der Waals surface area contributed by atoms with Crippen LogP contribution in [0.1, 0.15) is 43.6 Å². The number of ether oxygens (including phenoxy) is 1. The second-order valence-corrected chi connectivity index (χ2v) is 6.21. The minimum atomic E-state index is -0.673. The van der Waals surface area contributed by atoms with Crippen molar-refractivity contribution in [3.63, 3.8) is 0 Å². The molecule has 0 aliphatic carbocycles. The first-order chi connectivity index (χ1) is 10.2. The van der Waals surface area contributed by atoms with Crippen LogP contribution >= 0.6 is 0 Å². The molecule has 0 radical (unpaired) electrons. The van der Waals surface area contributed by atoms with Crippen molar-refractivity contribution in [2.45, 2.75) is 57.3 Å². The molecule has 1 aromatic heterocycles. The van der Waals surface area contributed by atoms with E-state index in [1.807, 2.05) is 6.07 Å². The molecule has 2 unspecified atom stereocenters. The second-order valence-electron chi connectivity index (χ2n) is 6.21. The van der Waals surface area contributed by atoms with E-state index >= 15 is 0 Å². The Kier molecular flexibility index (Phi) is 4.26. The summed E-state index contributed by atoms with van der Waals surface area (Å²) in [4.78, 5) is 13.4. The number of carboxylic acid groups (broad SMARTS) is 1. The summed E-state index contributed by atoms with van der Waals surface area (Å²) in [6.07, 6.45) is 4.63. The maximum atomic E-state index is 10.9. The number of hydrogen-bond acceptors (Lipinski definition) is 5. The van der Waals surface area contributed by atoms with E-state index in [1.54, 1.807) is 7.11 Å². The highest BCUT2D eigenvalue weighted by Gasteiger charge is 2.41. The number of methoxy groups -OCH3 is 1. The van der Waals surface area contributed by atoms with Gasteiger partial charge in [-0.15, -0.1) is 0 Å². The minimum Gasteiger partial charge on any atom is -0.481 e. The van der Waals surface area contributed by atoms with Gasteiger partial charge in [0.05, 0.1) is 5.69 Å². The number of hydrogen-bond donors (Lipinski definition) is 1. The molecule has 1 aromatic rings. The predicted molar refractivity (Wildman–Crippen MR) is 74.5 cm³/mol. The van der Waals surface area contributed by atoms with Crippen LogP contribution in [-0.4, -0.2) is 40.3 Å². The van der Waals surface area contributed by atoms with Crippen LogP contribution in [0.2, 0.25) is 0 Å². The lowest BCUT2D eigenvalue weighted by atomic mass is 9.88. The number of carbonyl (C=O) groups is 1. The van der Waals surface area contributed by atoms with E-state index in [4.69, 9.17) is 14.4 Å². The third-order valence-electron chi connectivity index (χ3n) is 4.68. The number of fused-ring (bicyclic) bond motifs is 2. The Morgan fingerprint density at radius 1 is 1.48 bits per heavy atom. The predicted octanol–water partition coefficient (Wildman–Crippen LogP) is 2.04. The molecule has 2 saturated heterocycles. The van der Waals surface area contributed by atoms with Gasteiger partial charge in [0.15, 0.2) is 5.76 Å². The highest BCUT2D eigenvalue weighted by Crippen LogP contribution is 2.40. The summed E-state index contributed by atoms with van der Waals surface area (Å²) in [5, 5.41) is 13.1. The van der Waals surface area contributed by atoms with Crippen LogP contribution in [0.3, 0.4) is 0 Å². The van der Waals surface area contributed by atoms with Gasteiger partial charge in [-0.05, 0) is 31.6 Å². The molecule has 0 amide bonds. The van der Waals surface area contributed by atoms with E-state index in [1.165, 1.54) is 12.8 Å². The third kappa shape index (κ3) is 3.27. The van der Waals surface area contributed by atoms with E-state index < -0.39 is 5.97 Å². The molecule has 2 aliphatic rings. The fraction of sp³-hybridized carbons (Fsp3) is 0.733. The molecule has 116 valence electrons. The lowest BCUT2D eigenvalue weighted by Gasteiger charge is -2.38.